The first kappa shape index (κ1) is 15.6. The van der Waals surface area contributed by atoms with E-state index in [1.54, 1.807) is 24.0 Å². The second-order valence-electron chi connectivity index (χ2n) is 5.66. The van der Waals surface area contributed by atoms with Crippen LogP contribution in [0.5, 0.6) is 0 Å². The molecule has 1 unspecified atom stereocenters. The molecule has 2 aromatic heterocycles. The van der Waals surface area contributed by atoms with Gasteiger partial charge in [0.25, 0.3) is 0 Å². The van der Waals surface area contributed by atoms with Crippen molar-refractivity contribution < 1.29 is 9.84 Å². The lowest BCUT2D eigenvalue weighted by atomic mass is 10.1. The van der Waals surface area contributed by atoms with Gasteiger partial charge < -0.3 is 14.7 Å². The minimum atomic E-state index is -0.428. The van der Waals surface area contributed by atoms with Crippen molar-refractivity contribution in [1.82, 2.24) is 19.7 Å². The van der Waals surface area contributed by atoms with Crippen molar-refractivity contribution in [2.24, 2.45) is 0 Å². The molecule has 0 saturated carbocycles. The third kappa shape index (κ3) is 4.36. The number of rotatable bonds is 7. The average Bonchev–Trinajstić information content (AvgIpc) is 3.21. The first-order valence-electron chi connectivity index (χ1n) is 7.66. The van der Waals surface area contributed by atoms with Crippen molar-refractivity contribution in [2.45, 2.75) is 31.6 Å². The Bertz CT molecular complexity index is 524. The third-order valence-corrected chi connectivity index (χ3v) is 4.82. The zero-order chi connectivity index (χ0) is 15.2. The molecule has 7 heteroatoms. The summed E-state index contributed by atoms with van der Waals surface area (Å²) in [5.41, 5.74) is 0. The van der Waals surface area contributed by atoms with E-state index in [0.29, 0.717) is 25.8 Å². The molecule has 1 atom stereocenters. The average molecular weight is 322 g/mol. The molecule has 1 fully saturated rings. The van der Waals surface area contributed by atoms with Gasteiger partial charge in [-0.25, -0.2) is 9.67 Å². The van der Waals surface area contributed by atoms with E-state index in [0.717, 1.165) is 25.9 Å². The molecule has 120 valence electrons. The minimum Gasteiger partial charge on any atom is -0.389 e. The van der Waals surface area contributed by atoms with Crippen molar-refractivity contribution >= 4 is 11.3 Å². The Kier molecular flexibility index (Phi) is 5.55. The number of thiophene rings is 1. The summed E-state index contributed by atoms with van der Waals surface area (Å²) >= 11 is 1.68. The highest BCUT2D eigenvalue weighted by molar-refractivity contribution is 7.09. The number of aliphatic hydroxyl groups excluding tert-OH is 1. The molecule has 1 N–H and O–H groups in total. The fraction of sp³-hybridized carbons (Fsp3) is 0.600. The minimum absolute atomic E-state index is 0.390. The van der Waals surface area contributed by atoms with E-state index in [4.69, 9.17) is 4.74 Å². The van der Waals surface area contributed by atoms with E-state index < -0.39 is 6.10 Å². The number of β-amino-alcohol motifs (C(OH)–C–C–N with tert-alkyl or cyclic N) is 1. The predicted octanol–water partition coefficient (Wildman–Crippen LogP) is 1.55. The van der Waals surface area contributed by atoms with Gasteiger partial charge in [-0.3, -0.25) is 0 Å². The monoisotopic (exact) mass is 322 g/mol. The van der Waals surface area contributed by atoms with Gasteiger partial charge in [-0.15, -0.1) is 11.3 Å². The number of likely N-dealkylation sites (tertiary alicyclic amines) is 1. The molecule has 1 saturated heterocycles. The number of ether oxygens (including phenoxy) is 1. The zero-order valence-corrected chi connectivity index (χ0v) is 13.4. The van der Waals surface area contributed by atoms with Crippen molar-refractivity contribution in [3.63, 3.8) is 0 Å². The highest BCUT2D eigenvalue weighted by Gasteiger charge is 2.22. The molecule has 0 spiro atoms. The fourth-order valence-electron chi connectivity index (χ4n) is 2.81. The van der Waals surface area contributed by atoms with Crippen molar-refractivity contribution in [1.29, 1.82) is 0 Å². The number of hydrogen-bond acceptors (Lipinski definition) is 6. The van der Waals surface area contributed by atoms with Crippen LogP contribution in [0, 0.1) is 0 Å². The van der Waals surface area contributed by atoms with Crippen LogP contribution < -0.4 is 0 Å². The number of hydrogen-bond donors (Lipinski definition) is 1. The summed E-state index contributed by atoms with van der Waals surface area (Å²) < 4.78 is 7.52. The summed E-state index contributed by atoms with van der Waals surface area (Å²) in [5, 5.41) is 16.3. The topological polar surface area (TPSA) is 63.4 Å². The normalized spacial score (nSPS) is 18.6. The summed E-state index contributed by atoms with van der Waals surface area (Å²) in [6, 6.07) is 4.50. The first-order valence-corrected chi connectivity index (χ1v) is 8.54. The molecule has 0 radical (unpaired) electrons. The van der Waals surface area contributed by atoms with Gasteiger partial charge in [0.15, 0.2) is 0 Å². The van der Waals surface area contributed by atoms with E-state index >= 15 is 0 Å². The summed E-state index contributed by atoms with van der Waals surface area (Å²) in [6.45, 7) is 3.61. The number of aliphatic hydroxyl groups is 1. The maximum absolute atomic E-state index is 10.1. The Labute approximate surface area is 134 Å². The summed E-state index contributed by atoms with van der Waals surface area (Å²) in [6.07, 6.45) is 5.04. The molecule has 3 heterocycles. The van der Waals surface area contributed by atoms with Crippen LogP contribution >= 0.6 is 11.3 Å². The summed E-state index contributed by atoms with van der Waals surface area (Å²) in [5.74, 6) is 0. The van der Waals surface area contributed by atoms with Gasteiger partial charge in [-0.2, -0.15) is 5.10 Å². The maximum atomic E-state index is 10.1. The molecule has 0 amide bonds. The molecule has 2 aromatic rings. The van der Waals surface area contributed by atoms with Gasteiger partial charge in [-0.1, -0.05) is 6.07 Å². The molecule has 0 bridgehead atoms. The van der Waals surface area contributed by atoms with Gasteiger partial charge >= 0.3 is 0 Å². The Morgan fingerprint density at radius 2 is 2.27 bits per heavy atom. The van der Waals surface area contributed by atoms with Crippen molar-refractivity contribution in [2.75, 3.05) is 26.2 Å². The van der Waals surface area contributed by atoms with Crippen molar-refractivity contribution in [3.8, 4) is 0 Å². The first-order chi connectivity index (χ1) is 10.8. The van der Waals surface area contributed by atoms with Gasteiger partial charge in [0.1, 0.15) is 12.7 Å². The summed E-state index contributed by atoms with van der Waals surface area (Å²) in [7, 11) is 0. The highest BCUT2D eigenvalue weighted by Crippen LogP contribution is 2.21. The maximum Gasteiger partial charge on any atom is 0.137 e. The Hall–Kier alpha value is -1.28. The standard InChI is InChI=1S/C15H22N4O2S/c20-14(9-21-10-15-2-1-7-22-15)8-18-5-3-13(4-6-18)19-12-16-11-17-19/h1-2,7,11-14,20H,3-6,8-10H2. The lowest BCUT2D eigenvalue weighted by Gasteiger charge is -2.32. The van der Waals surface area contributed by atoms with Gasteiger partial charge in [0.2, 0.25) is 0 Å². The van der Waals surface area contributed by atoms with Crippen LogP contribution in [-0.2, 0) is 11.3 Å². The number of aromatic nitrogens is 3. The molecule has 6 nitrogen and oxygen atoms in total. The lowest BCUT2D eigenvalue weighted by Crippen LogP contribution is -2.40. The van der Waals surface area contributed by atoms with Gasteiger partial charge in [-0.05, 0) is 24.3 Å². The van der Waals surface area contributed by atoms with E-state index in [1.165, 1.54) is 4.88 Å². The van der Waals surface area contributed by atoms with E-state index in [-0.39, 0.29) is 0 Å². The Balaban J connectivity index is 1.33. The van der Waals surface area contributed by atoms with Crippen LogP contribution in [0.25, 0.3) is 0 Å². The van der Waals surface area contributed by atoms with Crippen LogP contribution in [0.4, 0.5) is 0 Å². The lowest BCUT2D eigenvalue weighted by molar-refractivity contribution is 0.00529. The van der Waals surface area contributed by atoms with E-state index in [1.807, 2.05) is 22.2 Å². The molecule has 3 rings (SSSR count). The molecule has 0 aliphatic carbocycles. The SMILES string of the molecule is OC(COCc1cccs1)CN1CCC(n2cncn2)CC1. The predicted molar refractivity (Wildman–Crippen MR) is 84.7 cm³/mol. The second kappa shape index (κ2) is 7.82. The van der Waals surface area contributed by atoms with Gasteiger partial charge in [0.05, 0.1) is 25.4 Å². The van der Waals surface area contributed by atoms with Crippen LogP contribution in [0.3, 0.4) is 0 Å². The van der Waals surface area contributed by atoms with E-state index in [9.17, 15) is 5.11 Å². The molecule has 22 heavy (non-hydrogen) atoms. The van der Waals surface area contributed by atoms with Gasteiger partial charge in [0, 0.05) is 24.5 Å². The zero-order valence-electron chi connectivity index (χ0n) is 12.5. The Morgan fingerprint density at radius 3 is 2.95 bits per heavy atom. The Morgan fingerprint density at radius 1 is 1.41 bits per heavy atom. The van der Waals surface area contributed by atoms with Crippen LogP contribution in [0.15, 0.2) is 30.2 Å². The van der Waals surface area contributed by atoms with E-state index in [2.05, 4.69) is 15.0 Å². The number of nitrogens with zero attached hydrogens (tertiary/aromatic N) is 4. The summed E-state index contributed by atoms with van der Waals surface area (Å²) in [4.78, 5) is 7.50. The fourth-order valence-corrected chi connectivity index (χ4v) is 3.45. The molecule has 1 aliphatic heterocycles. The molecular formula is C15H22N4O2S. The smallest absolute Gasteiger partial charge is 0.137 e. The van der Waals surface area contributed by atoms with Crippen LogP contribution in [0.1, 0.15) is 23.8 Å². The molecule has 0 aromatic carbocycles. The third-order valence-electron chi connectivity index (χ3n) is 3.97. The highest BCUT2D eigenvalue weighted by atomic mass is 32.1. The second-order valence-corrected chi connectivity index (χ2v) is 6.69. The van der Waals surface area contributed by atoms with Crippen LogP contribution in [-0.4, -0.2) is 57.1 Å². The van der Waals surface area contributed by atoms with Crippen LogP contribution in [0.2, 0.25) is 0 Å². The largest absolute Gasteiger partial charge is 0.389 e. The molecule has 1 aliphatic rings. The molecular weight excluding hydrogens is 300 g/mol. The number of piperidine rings is 1. The quantitative estimate of drug-likeness (QED) is 0.838. The van der Waals surface area contributed by atoms with Crippen molar-refractivity contribution in [3.05, 3.63) is 35.0 Å².